The van der Waals surface area contributed by atoms with Crippen LogP contribution in [0, 0.1) is 6.92 Å². The van der Waals surface area contributed by atoms with Gasteiger partial charge in [0.25, 0.3) is 0 Å². The van der Waals surface area contributed by atoms with Gasteiger partial charge in [0.05, 0.1) is 5.52 Å². The largest absolute Gasteiger partial charge is 0.347 e. The van der Waals surface area contributed by atoms with Gasteiger partial charge in [0, 0.05) is 18.1 Å². The minimum Gasteiger partial charge on any atom is -0.347 e. The number of nitrogens with one attached hydrogen (secondary N) is 1. The number of aromatic nitrogens is 1. The zero-order valence-electron chi connectivity index (χ0n) is 10.4. The zero-order valence-corrected chi connectivity index (χ0v) is 10.4. The molecule has 0 saturated carbocycles. The molecule has 16 heavy (non-hydrogen) atoms. The summed E-state index contributed by atoms with van der Waals surface area (Å²) in [4.78, 5) is 0. The number of hydrogen-bond donors (Lipinski definition) is 1. The SMILES string of the molecule is CNCCCc1cc2cccc(C)c2n1C. The highest BCUT2D eigenvalue weighted by Crippen LogP contribution is 2.22. The lowest BCUT2D eigenvalue weighted by molar-refractivity contribution is 0.698. The third-order valence-corrected chi connectivity index (χ3v) is 3.22. The lowest BCUT2D eigenvalue weighted by Gasteiger charge is -2.05. The second kappa shape index (κ2) is 4.71. The topological polar surface area (TPSA) is 17.0 Å². The van der Waals surface area contributed by atoms with E-state index in [2.05, 4.69) is 48.1 Å². The minimum absolute atomic E-state index is 1.08. The van der Waals surface area contributed by atoms with Crippen molar-refractivity contribution in [1.82, 2.24) is 9.88 Å². The number of rotatable bonds is 4. The maximum Gasteiger partial charge on any atom is 0.0509 e. The maximum atomic E-state index is 3.19. The van der Waals surface area contributed by atoms with Crippen LogP contribution in [-0.2, 0) is 13.5 Å². The van der Waals surface area contributed by atoms with Crippen LogP contribution < -0.4 is 5.32 Å². The van der Waals surface area contributed by atoms with Crippen molar-refractivity contribution >= 4 is 10.9 Å². The number of fused-ring (bicyclic) bond motifs is 1. The monoisotopic (exact) mass is 216 g/mol. The van der Waals surface area contributed by atoms with Crippen LogP contribution in [0.4, 0.5) is 0 Å². The van der Waals surface area contributed by atoms with E-state index in [-0.39, 0.29) is 0 Å². The first-order chi connectivity index (χ1) is 7.74. The number of benzene rings is 1. The van der Waals surface area contributed by atoms with Crippen LogP contribution in [0.2, 0.25) is 0 Å². The van der Waals surface area contributed by atoms with E-state index in [4.69, 9.17) is 0 Å². The predicted octanol–water partition coefficient (Wildman–Crippen LogP) is 2.64. The second-order valence-corrected chi connectivity index (χ2v) is 4.41. The Morgan fingerprint density at radius 2 is 2.12 bits per heavy atom. The molecular weight excluding hydrogens is 196 g/mol. The fourth-order valence-corrected chi connectivity index (χ4v) is 2.36. The Kier molecular flexibility index (Phi) is 3.30. The van der Waals surface area contributed by atoms with E-state index in [9.17, 15) is 0 Å². The highest BCUT2D eigenvalue weighted by molar-refractivity contribution is 5.84. The number of hydrogen-bond acceptors (Lipinski definition) is 1. The summed E-state index contributed by atoms with van der Waals surface area (Å²) >= 11 is 0. The molecule has 1 aromatic heterocycles. The Balaban J connectivity index is 2.33. The molecule has 86 valence electrons. The van der Waals surface area contributed by atoms with E-state index < -0.39 is 0 Å². The van der Waals surface area contributed by atoms with E-state index in [0.717, 1.165) is 13.0 Å². The van der Waals surface area contributed by atoms with Gasteiger partial charge in [-0.3, -0.25) is 0 Å². The molecule has 2 heteroatoms. The molecule has 0 aliphatic heterocycles. The first-order valence-electron chi connectivity index (χ1n) is 5.92. The molecule has 2 nitrogen and oxygen atoms in total. The highest BCUT2D eigenvalue weighted by atomic mass is 14.9. The van der Waals surface area contributed by atoms with Crippen LogP contribution in [0.25, 0.3) is 10.9 Å². The van der Waals surface area contributed by atoms with Gasteiger partial charge in [-0.2, -0.15) is 0 Å². The van der Waals surface area contributed by atoms with Gasteiger partial charge in [-0.1, -0.05) is 18.2 Å². The molecule has 0 aliphatic rings. The van der Waals surface area contributed by atoms with Crippen molar-refractivity contribution in [3.05, 3.63) is 35.5 Å². The molecule has 1 aromatic carbocycles. The number of aryl methyl sites for hydroxylation is 3. The van der Waals surface area contributed by atoms with Crippen molar-refractivity contribution < 1.29 is 0 Å². The summed E-state index contributed by atoms with van der Waals surface area (Å²) in [6, 6.07) is 8.83. The molecule has 0 amide bonds. The van der Waals surface area contributed by atoms with Gasteiger partial charge >= 0.3 is 0 Å². The Labute approximate surface area is 97.3 Å². The minimum atomic E-state index is 1.08. The number of para-hydroxylation sites is 1. The van der Waals surface area contributed by atoms with Gasteiger partial charge in [-0.05, 0) is 45.0 Å². The third kappa shape index (κ3) is 1.98. The Bertz CT molecular complexity index is 483. The lowest BCUT2D eigenvalue weighted by atomic mass is 10.1. The zero-order chi connectivity index (χ0) is 11.5. The molecule has 0 atom stereocenters. The van der Waals surface area contributed by atoms with Crippen LogP contribution >= 0.6 is 0 Å². The first-order valence-corrected chi connectivity index (χ1v) is 5.92. The van der Waals surface area contributed by atoms with Gasteiger partial charge < -0.3 is 9.88 Å². The Morgan fingerprint density at radius 1 is 1.31 bits per heavy atom. The molecule has 2 aromatic rings. The average Bonchev–Trinajstić information content (AvgIpc) is 2.58. The van der Waals surface area contributed by atoms with Crippen molar-refractivity contribution in [3.63, 3.8) is 0 Å². The standard InChI is InChI=1S/C14H20N2/c1-11-6-4-7-12-10-13(8-5-9-15-2)16(3)14(11)12/h4,6-7,10,15H,5,8-9H2,1-3H3. The van der Waals surface area contributed by atoms with Crippen LogP contribution in [-0.4, -0.2) is 18.2 Å². The Hall–Kier alpha value is -1.28. The van der Waals surface area contributed by atoms with E-state index in [1.165, 1.54) is 28.6 Å². The third-order valence-electron chi connectivity index (χ3n) is 3.22. The average molecular weight is 216 g/mol. The highest BCUT2D eigenvalue weighted by Gasteiger charge is 2.06. The molecule has 0 saturated heterocycles. The van der Waals surface area contributed by atoms with Crippen molar-refractivity contribution in [2.24, 2.45) is 7.05 Å². The van der Waals surface area contributed by atoms with Crippen molar-refractivity contribution in [3.8, 4) is 0 Å². The van der Waals surface area contributed by atoms with E-state index in [0.29, 0.717) is 0 Å². The molecular formula is C14H20N2. The van der Waals surface area contributed by atoms with Crippen LogP contribution in [0.3, 0.4) is 0 Å². The van der Waals surface area contributed by atoms with E-state index in [1.54, 1.807) is 0 Å². The summed E-state index contributed by atoms with van der Waals surface area (Å²) in [7, 11) is 4.18. The molecule has 0 unspecified atom stereocenters. The first kappa shape index (κ1) is 11.2. The van der Waals surface area contributed by atoms with E-state index in [1.807, 2.05) is 7.05 Å². The smallest absolute Gasteiger partial charge is 0.0509 e. The van der Waals surface area contributed by atoms with Gasteiger partial charge in [-0.15, -0.1) is 0 Å². The normalized spacial score (nSPS) is 11.2. The Morgan fingerprint density at radius 3 is 2.81 bits per heavy atom. The molecule has 1 heterocycles. The van der Waals surface area contributed by atoms with Gasteiger partial charge in [0.1, 0.15) is 0 Å². The van der Waals surface area contributed by atoms with Gasteiger partial charge in [0.2, 0.25) is 0 Å². The molecule has 2 rings (SSSR count). The van der Waals surface area contributed by atoms with Gasteiger partial charge in [0.15, 0.2) is 0 Å². The van der Waals surface area contributed by atoms with Gasteiger partial charge in [-0.25, -0.2) is 0 Å². The second-order valence-electron chi connectivity index (χ2n) is 4.41. The molecule has 0 spiro atoms. The molecule has 0 radical (unpaired) electrons. The van der Waals surface area contributed by atoms with Crippen molar-refractivity contribution in [2.45, 2.75) is 19.8 Å². The van der Waals surface area contributed by atoms with Crippen molar-refractivity contribution in [2.75, 3.05) is 13.6 Å². The fraction of sp³-hybridized carbons (Fsp3) is 0.429. The summed E-state index contributed by atoms with van der Waals surface area (Å²) in [5, 5.41) is 4.56. The lowest BCUT2D eigenvalue weighted by Crippen LogP contribution is -2.09. The van der Waals surface area contributed by atoms with Crippen LogP contribution in [0.1, 0.15) is 17.7 Å². The molecule has 0 bridgehead atoms. The number of nitrogens with zero attached hydrogens (tertiary/aromatic N) is 1. The summed E-state index contributed by atoms with van der Waals surface area (Å²) in [6.45, 7) is 3.26. The summed E-state index contributed by atoms with van der Waals surface area (Å²) in [6.07, 6.45) is 2.34. The summed E-state index contributed by atoms with van der Waals surface area (Å²) < 4.78 is 2.33. The van der Waals surface area contributed by atoms with Crippen LogP contribution in [0.5, 0.6) is 0 Å². The van der Waals surface area contributed by atoms with Crippen molar-refractivity contribution in [1.29, 1.82) is 0 Å². The molecule has 1 N–H and O–H groups in total. The summed E-state index contributed by atoms with van der Waals surface area (Å²) in [5.41, 5.74) is 4.17. The van der Waals surface area contributed by atoms with Crippen LogP contribution in [0.15, 0.2) is 24.3 Å². The fourth-order valence-electron chi connectivity index (χ4n) is 2.36. The molecule has 0 fully saturated rings. The quantitative estimate of drug-likeness (QED) is 0.777. The molecule has 0 aliphatic carbocycles. The maximum absolute atomic E-state index is 3.19. The van der Waals surface area contributed by atoms with E-state index >= 15 is 0 Å². The predicted molar refractivity (Wildman–Crippen MR) is 69.9 cm³/mol. The summed E-state index contributed by atoms with van der Waals surface area (Å²) in [5.74, 6) is 0.